The van der Waals surface area contributed by atoms with Gasteiger partial charge >= 0.3 is 6.03 Å². The van der Waals surface area contributed by atoms with Gasteiger partial charge in [0, 0.05) is 24.1 Å². The summed E-state index contributed by atoms with van der Waals surface area (Å²) in [7, 11) is 0. The number of carbonyl (C=O) groups is 1. The maximum atomic E-state index is 12.2. The first kappa shape index (κ1) is 13.2. The molecule has 1 N–H and O–H groups in total. The second-order valence-electron chi connectivity index (χ2n) is 4.91. The zero-order chi connectivity index (χ0) is 13.9. The molecule has 0 fully saturated rings. The molecule has 0 aliphatic carbocycles. The Bertz CT molecular complexity index is 600. The lowest BCUT2D eigenvalue weighted by Crippen LogP contribution is -2.35. The number of rotatable bonds is 2. The van der Waals surface area contributed by atoms with Crippen molar-refractivity contribution in [2.45, 2.75) is 19.6 Å². The van der Waals surface area contributed by atoms with Crippen LogP contribution in [0.25, 0.3) is 0 Å². The Morgan fingerprint density at radius 1 is 1.05 bits per heavy atom. The number of benzene rings is 2. The van der Waals surface area contributed by atoms with Gasteiger partial charge in [0.1, 0.15) is 0 Å². The summed E-state index contributed by atoms with van der Waals surface area (Å²) in [6, 6.07) is 16.1. The molecular weight excluding hydrogens is 316 g/mol. The zero-order valence-corrected chi connectivity index (χ0v) is 12.6. The lowest BCUT2D eigenvalue weighted by Gasteiger charge is -2.16. The van der Waals surface area contributed by atoms with Crippen LogP contribution in [-0.4, -0.2) is 10.9 Å². The Morgan fingerprint density at radius 2 is 1.65 bits per heavy atom. The van der Waals surface area contributed by atoms with E-state index in [2.05, 4.69) is 33.4 Å². The number of urea groups is 1. The fourth-order valence-electron chi connectivity index (χ4n) is 2.37. The quantitative estimate of drug-likeness (QED) is 0.895. The van der Waals surface area contributed by atoms with Crippen molar-refractivity contribution < 1.29 is 4.79 Å². The highest BCUT2D eigenvalue weighted by Crippen LogP contribution is 2.22. The number of amides is 2. The van der Waals surface area contributed by atoms with E-state index >= 15 is 0 Å². The molecule has 1 aliphatic rings. The molecule has 0 radical (unpaired) electrons. The van der Waals surface area contributed by atoms with Crippen molar-refractivity contribution in [2.75, 3.05) is 0 Å². The summed E-state index contributed by atoms with van der Waals surface area (Å²) in [6.07, 6.45) is 0. The van der Waals surface area contributed by atoms with E-state index in [9.17, 15) is 4.79 Å². The van der Waals surface area contributed by atoms with Crippen molar-refractivity contribution in [2.24, 2.45) is 0 Å². The van der Waals surface area contributed by atoms with Gasteiger partial charge < -0.3 is 10.2 Å². The van der Waals surface area contributed by atoms with Crippen molar-refractivity contribution in [3.05, 3.63) is 69.7 Å². The fraction of sp³-hybridized carbons (Fsp3) is 0.188. The average molecular weight is 331 g/mol. The van der Waals surface area contributed by atoms with Crippen LogP contribution >= 0.6 is 15.9 Å². The third-order valence-electron chi connectivity index (χ3n) is 3.49. The van der Waals surface area contributed by atoms with Crippen LogP contribution in [0.4, 0.5) is 4.79 Å². The third kappa shape index (κ3) is 2.85. The van der Waals surface area contributed by atoms with Crippen LogP contribution in [0.3, 0.4) is 0 Å². The van der Waals surface area contributed by atoms with Crippen LogP contribution in [0.1, 0.15) is 16.7 Å². The Kier molecular flexibility index (Phi) is 3.74. The molecule has 2 aromatic rings. The molecule has 20 heavy (non-hydrogen) atoms. The van der Waals surface area contributed by atoms with Gasteiger partial charge in [-0.15, -0.1) is 0 Å². The molecule has 1 heterocycles. The average Bonchev–Trinajstić information content (AvgIpc) is 2.90. The topological polar surface area (TPSA) is 32.3 Å². The summed E-state index contributed by atoms with van der Waals surface area (Å²) in [5, 5.41) is 2.97. The van der Waals surface area contributed by atoms with Crippen molar-refractivity contribution in [1.29, 1.82) is 0 Å². The van der Waals surface area contributed by atoms with Crippen LogP contribution in [-0.2, 0) is 19.6 Å². The number of fused-ring (bicyclic) bond motifs is 1. The molecule has 0 saturated carbocycles. The van der Waals surface area contributed by atoms with Gasteiger partial charge in [-0.05, 0) is 28.8 Å². The van der Waals surface area contributed by atoms with Crippen LogP contribution in [0.15, 0.2) is 53.0 Å². The lowest BCUT2D eigenvalue weighted by molar-refractivity contribution is 0.198. The van der Waals surface area contributed by atoms with E-state index in [1.165, 1.54) is 11.1 Å². The molecule has 0 saturated heterocycles. The highest BCUT2D eigenvalue weighted by molar-refractivity contribution is 9.10. The van der Waals surface area contributed by atoms with E-state index in [0.717, 1.165) is 10.0 Å². The minimum atomic E-state index is -0.0101. The van der Waals surface area contributed by atoms with E-state index in [-0.39, 0.29) is 6.03 Å². The molecule has 2 amide bonds. The van der Waals surface area contributed by atoms with Crippen LogP contribution in [0.5, 0.6) is 0 Å². The van der Waals surface area contributed by atoms with Crippen molar-refractivity contribution in [3.63, 3.8) is 0 Å². The van der Waals surface area contributed by atoms with Gasteiger partial charge in [0.25, 0.3) is 0 Å². The summed E-state index contributed by atoms with van der Waals surface area (Å²) in [6.45, 7) is 1.95. The summed E-state index contributed by atoms with van der Waals surface area (Å²) in [5.41, 5.74) is 3.58. The van der Waals surface area contributed by atoms with Gasteiger partial charge in [-0.3, -0.25) is 0 Å². The lowest BCUT2D eigenvalue weighted by atomic mass is 10.1. The molecule has 0 spiro atoms. The molecule has 2 aromatic carbocycles. The summed E-state index contributed by atoms with van der Waals surface area (Å²) < 4.78 is 1.04. The summed E-state index contributed by atoms with van der Waals surface area (Å²) in [4.78, 5) is 14.0. The SMILES string of the molecule is O=C(NCc1ccc(Br)cc1)N1Cc2ccccc2C1. The number of halogens is 1. The number of nitrogens with one attached hydrogen (secondary N) is 1. The molecule has 0 atom stereocenters. The fourth-order valence-corrected chi connectivity index (χ4v) is 2.63. The van der Waals surface area contributed by atoms with E-state index in [1.807, 2.05) is 41.3 Å². The van der Waals surface area contributed by atoms with E-state index < -0.39 is 0 Å². The predicted molar refractivity (Wildman–Crippen MR) is 82.1 cm³/mol. The molecule has 0 unspecified atom stereocenters. The van der Waals surface area contributed by atoms with E-state index in [0.29, 0.717) is 19.6 Å². The predicted octanol–water partition coefficient (Wildman–Crippen LogP) is 3.67. The smallest absolute Gasteiger partial charge is 0.318 e. The Labute approximate surface area is 126 Å². The minimum absolute atomic E-state index is 0.0101. The summed E-state index contributed by atoms with van der Waals surface area (Å²) >= 11 is 3.40. The Balaban J connectivity index is 1.57. The minimum Gasteiger partial charge on any atom is -0.334 e. The molecule has 102 valence electrons. The molecule has 3 rings (SSSR count). The third-order valence-corrected chi connectivity index (χ3v) is 4.01. The highest BCUT2D eigenvalue weighted by atomic mass is 79.9. The van der Waals surface area contributed by atoms with Crippen LogP contribution in [0.2, 0.25) is 0 Å². The Morgan fingerprint density at radius 3 is 2.25 bits per heavy atom. The van der Waals surface area contributed by atoms with Crippen molar-refractivity contribution in [1.82, 2.24) is 10.2 Å². The molecule has 1 aliphatic heterocycles. The van der Waals surface area contributed by atoms with Crippen LogP contribution < -0.4 is 5.32 Å². The van der Waals surface area contributed by atoms with Gasteiger partial charge in [0.05, 0.1) is 0 Å². The van der Waals surface area contributed by atoms with Gasteiger partial charge in [0.2, 0.25) is 0 Å². The van der Waals surface area contributed by atoms with Gasteiger partial charge in [-0.25, -0.2) is 4.79 Å². The first-order valence-electron chi connectivity index (χ1n) is 6.56. The van der Waals surface area contributed by atoms with Crippen molar-refractivity contribution >= 4 is 22.0 Å². The highest BCUT2D eigenvalue weighted by Gasteiger charge is 2.22. The van der Waals surface area contributed by atoms with E-state index in [4.69, 9.17) is 0 Å². The normalized spacial score (nSPS) is 13.2. The maximum absolute atomic E-state index is 12.2. The molecule has 0 bridgehead atoms. The van der Waals surface area contributed by atoms with Crippen molar-refractivity contribution in [3.8, 4) is 0 Å². The molecular formula is C16H15BrN2O. The summed E-state index contributed by atoms with van der Waals surface area (Å²) in [5.74, 6) is 0. The maximum Gasteiger partial charge on any atom is 0.318 e. The first-order chi connectivity index (χ1) is 9.72. The largest absolute Gasteiger partial charge is 0.334 e. The Hall–Kier alpha value is -1.81. The number of hydrogen-bond acceptors (Lipinski definition) is 1. The monoisotopic (exact) mass is 330 g/mol. The second-order valence-corrected chi connectivity index (χ2v) is 5.83. The van der Waals surface area contributed by atoms with Gasteiger partial charge in [-0.2, -0.15) is 0 Å². The molecule has 3 nitrogen and oxygen atoms in total. The standard InChI is InChI=1S/C16H15BrN2O/c17-15-7-5-12(6-8-15)9-18-16(20)19-10-13-3-1-2-4-14(13)11-19/h1-8H,9-11H2,(H,18,20). The van der Waals surface area contributed by atoms with Crippen LogP contribution in [0, 0.1) is 0 Å². The van der Waals surface area contributed by atoms with Gasteiger partial charge in [0.15, 0.2) is 0 Å². The van der Waals surface area contributed by atoms with Gasteiger partial charge in [-0.1, -0.05) is 52.3 Å². The molecule has 0 aromatic heterocycles. The zero-order valence-electron chi connectivity index (χ0n) is 11.0. The number of carbonyl (C=O) groups excluding carboxylic acids is 1. The van der Waals surface area contributed by atoms with E-state index in [1.54, 1.807) is 0 Å². The molecule has 4 heteroatoms. The first-order valence-corrected chi connectivity index (χ1v) is 7.36. The number of nitrogens with zero attached hydrogens (tertiary/aromatic N) is 1. The second kappa shape index (κ2) is 5.67. The number of hydrogen-bond donors (Lipinski definition) is 1.